The van der Waals surface area contributed by atoms with E-state index in [0.717, 1.165) is 38.3 Å². The number of anilines is 3. The molecule has 3 N–H and O–H groups in total. The molecule has 2 fully saturated rings. The highest BCUT2D eigenvalue weighted by atomic mass is 19.1. The van der Waals surface area contributed by atoms with Crippen molar-refractivity contribution in [3.63, 3.8) is 0 Å². The Morgan fingerprint density at radius 2 is 2.23 bits per heavy atom. The van der Waals surface area contributed by atoms with Gasteiger partial charge in [0.25, 0.3) is 0 Å². The van der Waals surface area contributed by atoms with E-state index >= 15 is 4.39 Å². The average Bonchev–Trinajstić information content (AvgIpc) is 3.56. The second-order valence-corrected chi connectivity index (χ2v) is 10.2. The fourth-order valence-electron chi connectivity index (χ4n) is 5.53. The number of nitrogens with one attached hydrogen (secondary N) is 2. The molecule has 0 aliphatic carbocycles. The molecule has 14 heteroatoms. The van der Waals surface area contributed by atoms with Crippen LogP contribution in [0, 0.1) is 12.4 Å². The zero-order valence-corrected chi connectivity index (χ0v) is 21.6. The molecule has 0 bridgehead atoms. The van der Waals surface area contributed by atoms with Crippen LogP contribution in [0.15, 0.2) is 23.1 Å². The first-order chi connectivity index (χ1) is 19.9. The molecule has 2 saturated heterocycles. The predicted molar refractivity (Wildman–Crippen MR) is 141 cm³/mol. The zero-order valence-electron chi connectivity index (χ0n) is 24.6. The normalized spacial score (nSPS) is 21.8. The van der Waals surface area contributed by atoms with Crippen LogP contribution >= 0.6 is 0 Å². The number of aromatic nitrogens is 6. The van der Waals surface area contributed by atoms with Gasteiger partial charge in [-0.15, -0.1) is 0 Å². The summed E-state index contributed by atoms with van der Waals surface area (Å²) in [6.45, 7) is 9.59. The van der Waals surface area contributed by atoms with Crippen LogP contribution in [0.4, 0.5) is 27.5 Å². The van der Waals surface area contributed by atoms with Gasteiger partial charge in [-0.05, 0) is 62.6 Å². The summed E-state index contributed by atoms with van der Waals surface area (Å²) < 4.78 is 43.9. The van der Waals surface area contributed by atoms with Gasteiger partial charge in [0.2, 0.25) is 11.6 Å². The smallest absolute Gasteiger partial charge is 0.368 e. The van der Waals surface area contributed by atoms with Crippen LogP contribution in [0.25, 0.3) is 10.5 Å². The van der Waals surface area contributed by atoms with Crippen LogP contribution < -0.4 is 21.1 Å². The van der Waals surface area contributed by atoms with Crippen LogP contribution in [0.3, 0.4) is 0 Å². The topological polar surface area (TPSA) is 140 Å². The molecule has 0 saturated carbocycles. The van der Waals surface area contributed by atoms with Gasteiger partial charge >= 0.3 is 5.69 Å². The Balaban J connectivity index is 1.46. The number of tetrazole rings is 1. The number of halogens is 1. The van der Waals surface area contributed by atoms with Gasteiger partial charge in [-0.2, -0.15) is 9.36 Å². The minimum atomic E-state index is -2.89. The molecule has 4 heterocycles. The molecule has 2 aliphatic rings. The SMILES string of the molecule is [2H]C([2H])([2H])n1nnn(-c2cc(Nc3ncc([N+]#[C-])c(N[C@@H]4C[C@@H]5CCCN5C(C)(C)C4)n3)c(F)cc2OCCO)c1=O. The largest absolute Gasteiger partial charge is 0.489 e. The monoisotopic (exact) mass is 541 g/mol. The van der Waals surface area contributed by atoms with Crippen LogP contribution in [0.2, 0.25) is 0 Å². The van der Waals surface area contributed by atoms with Crippen molar-refractivity contribution in [1.82, 2.24) is 34.7 Å². The molecule has 0 unspecified atom stereocenters. The summed E-state index contributed by atoms with van der Waals surface area (Å²) in [4.78, 5) is 27.5. The first-order valence-electron chi connectivity index (χ1n) is 14.1. The maximum Gasteiger partial charge on any atom is 0.368 e. The van der Waals surface area contributed by atoms with Crippen LogP contribution in [-0.2, 0) is 6.98 Å². The van der Waals surface area contributed by atoms with Crippen molar-refractivity contribution < 1.29 is 18.3 Å². The molecule has 0 spiro atoms. The van der Waals surface area contributed by atoms with Gasteiger partial charge < -0.3 is 20.5 Å². The number of aliphatic hydroxyl groups is 1. The molecule has 5 rings (SSSR count). The van der Waals surface area contributed by atoms with Crippen molar-refractivity contribution in [3.8, 4) is 11.4 Å². The number of piperidine rings is 1. The quantitative estimate of drug-likeness (QED) is 0.364. The number of ether oxygens (including phenoxy) is 1. The molecule has 39 heavy (non-hydrogen) atoms. The Labute approximate surface area is 228 Å². The number of aryl methyl sites for hydroxylation is 1. The summed E-state index contributed by atoms with van der Waals surface area (Å²) in [6.07, 6.45) is 5.38. The van der Waals surface area contributed by atoms with E-state index in [9.17, 15) is 9.90 Å². The minimum Gasteiger partial charge on any atom is -0.489 e. The maximum absolute atomic E-state index is 15.2. The summed E-state index contributed by atoms with van der Waals surface area (Å²) in [7, 11) is 0. The van der Waals surface area contributed by atoms with Gasteiger partial charge in [0.1, 0.15) is 23.9 Å². The molecular weight excluding hydrogens is 507 g/mol. The summed E-state index contributed by atoms with van der Waals surface area (Å²) in [6, 6.07) is 2.65. The molecule has 2 atom stereocenters. The lowest BCUT2D eigenvalue weighted by Gasteiger charge is -2.48. The van der Waals surface area contributed by atoms with Crippen molar-refractivity contribution in [1.29, 1.82) is 0 Å². The number of hydrogen-bond acceptors (Lipinski definition) is 10. The third-order valence-corrected chi connectivity index (χ3v) is 7.14. The summed E-state index contributed by atoms with van der Waals surface area (Å²) >= 11 is 0. The molecule has 206 valence electrons. The lowest BCUT2D eigenvalue weighted by atomic mass is 9.84. The lowest BCUT2D eigenvalue weighted by molar-refractivity contribution is 0.0501. The maximum atomic E-state index is 15.2. The van der Waals surface area contributed by atoms with Crippen molar-refractivity contribution in [2.75, 3.05) is 30.4 Å². The summed E-state index contributed by atoms with van der Waals surface area (Å²) in [5.41, 5.74) is -1.22. The molecular formula is C25H31FN10O3. The number of aliphatic hydroxyl groups excluding tert-OH is 1. The Morgan fingerprint density at radius 3 is 2.97 bits per heavy atom. The highest BCUT2D eigenvalue weighted by Crippen LogP contribution is 2.39. The molecule has 0 amide bonds. The Bertz CT molecular complexity index is 1570. The number of hydrogen-bond donors (Lipinski definition) is 3. The molecule has 2 aliphatic heterocycles. The van der Waals surface area contributed by atoms with Crippen LogP contribution in [0.1, 0.15) is 43.6 Å². The third kappa shape index (κ3) is 5.27. The Hall–Kier alpha value is -4.09. The number of rotatable bonds is 8. The minimum absolute atomic E-state index is 0.0116. The van der Waals surface area contributed by atoms with Crippen molar-refractivity contribution >= 4 is 23.1 Å². The van der Waals surface area contributed by atoms with Crippen LogP contribution in [0.5, 0.6) is 5.75 Å². The lowest BCUT2D eigenvalue weighted by Crippen LogP contribution is -2.55. The molecule has 2 aromatic heterocycles. The summed E-state index contributed by atoms with van der Waals surface area (Å²) in [5.74, 6) is -0.699. The van der Waals surface area contributed by atoms with E-state index in [4.69, 9.17) is 15.4 Å². The number of benzene rings is 1. The van der Waals surface area contributed by atoms with E-state index in [-0.39, 0.29) is 51.6 Å². The number of fused-ring (bicyclic) bond motifs is 1. The van der Waals surface area contributed by atoms with E-state index in [1.54, 1.807) is 0 Å². The van der Waals surface area contributed by atoms with Gasteiger partial charge in [-0.25, -0.2) is 24.0 Å². The van der Waals surface area contributed by atoms with Gasteiger partial charge in [-0.3, -0.25) is 4.90 Å². The summed E-state index contributed by atoms with van der Waals surface area (Å²) in [5, 5.41) is 22.4. The van der Waals surface area contributed by atoms with E-state index < -0.39 is 25.1 Å². The predicted octanol–water partition coefficient (Wildman–Crippen LogP) is 2.38. The van der Waals surface area contributed by atoms with Crippen LogP contribution in [-0.4, -0.2) is 77.1 Å². The van der Waals surface area contributed by atoms with Crippen molar-refractivity contribution in [2.24, 2.45) is 6.98 Å². The van der Waals surface area contributed by atoms with Gasteiger partial charge in [0.15, 0.2) is 5.82 Å². The van der Waals surface area contributed by atoms with E-state index in [2.05, 4.69) is 54.6 Å². The zero-order chi connectivity index (χ0) is 30.2. The Morgan fingerprint density at radius 1 is 1.38 bits per heavy atom. The van der Waals surface area contributed by atoms with E-state index in [1.807, 2.05) is 0 Å². The first-order valence-corrected chi connectivity index (χ1v) is 12.6. The highest BCUT2D eigenvalue weighted by molar-refractivity contribution is 5.69. The van der Waals surface area contributed by atoms with Gasteiger partial charge in [0, 0.05) is 41.0 Å². The van der Waals surface area contributed by atoms with Gasteiger partial charge in [0.05, 0.1) is 18.9 Å². The first kappa shape index (κ1) is 22.9. The average molecular weight is 542 g/mol. The molecule has 3 aromatic rings. The molecule has 1 aromatic carbocycles. The fraction of sp³-hybridized carbons (Fsp3) is 0.520. The number of nitrogens with zero attached hydrogens (tertiary/aromatic N) is 8. The van der Waals surface area contributed by atoms with Crippen molar-refractivity contribution in [2.45, 2.75) is 57.2 Å². The van der Waals surface area contributed by atoms with Crippen molar-refractivity contribution in [3.05, 3.63) is 46.0 Å². The van der Waals surface area contributed by atoms with E-state index in [1.165, 1.54) is 12.3 Å². The standard InChI is InChI=1S/C25H31FN10O3/c1-25(2)13-15(10-16-6-5-7-35(16)25)29-22-19(27-3)14-28-23(31-22)30-18-12-20(36-24(38)34(4)32-33-36)21(11-17(18)26)39-9-8-37/h11-12,14-16,37H,5-10,13H2,1-2,4H3,(H2,28,29,30,31)/t15-,16+/m1/s1/i4D3. The third-order valence-electron chi connectivity index (χ3n) is 7.14. The second kappa shape index (κ2) is 10.6. The molecule has 0 radical (unpaired) electrons. The molecule has 13 nitrogen and oxygen atoms in total. The second-order valence-electron chi connectivity index (χ2n) is 10.2. The van der Waals surface area contributed by atoms with Gasteiger partial charge in [-0.1, -0.05) is 0 Å². The fourth-order valence-corrected chi connectivity index (χ4v) is 5.53. The highest BCUT2D eigenvalue weighted by Gasteiger charge is 2.43. The Kier molecular flexibility index (Phi) is 6.20. The van der Waals surface area contributed by atoms with E-state index in [0.29, 0.717) is 16.5 Å².